The lowest BCUT2D eigenvalue weighted by Gasteiger charge is -2.34. The third-order valence-electron chi connectivity index (χ3n) is 3.27. The van der Waals surface area contributed by atoms with E-state index in [1.807, 2.05) is 6.92 Å². The molecular weight excluding hydrogens is 282 g/mol. The second-order valence-electron chi connectivity index (χ2n) is 4.93. The minimum absolute atomic E-state index is 0.0344. The zero-order valence-electron chi connectivity index (χ0n) is 11.7. The van der Waals surface area contributed by atoms with Gasteiger partial charge in [-0.25, -0.2) is 0 Å². The van der Waals surface area contributed by atoms with Gasteiger partial charge in [-0.15, -0.1) is 0 Å². The van der Waals surface area contributed by atoms with Gasteiger partial charge in [0.15, 0.2) is 0 Å². The molecule has 21 heavy (non-hydrogen) atoms. The number of carbonyl (C=O) groups is 1. The lowest BCUT2D eigenvalue weighted by atomic mass is 10.1. The van der Waals surface area contributed by atoms with E-state index in [0.29, 0.717) is 25.3 Å². The Morgan fingerprint density at radius 3 is 2.95 bits per heavy atom. The van der Waals surface area contributed by atoms with E-state index in [1.165, 1.54) is 18.2 Å². The highest BCUT2D eigenvalue weighted by Crippen LogP contribution is 2.18. The zero-order valence-corrected chi connectivity index (χ0v) is 11.7. The predicted molar refractivity (Wildman–Crippen MR) is 72.4 cm³/mol. The van der Waals surface area contributed by atoms with Crippen LogP contribution in [0.1, 0.15) is 17.3 Å². The summed E-state index contributed by atoms with van der Waals surface area (Å²) in [4.78, 5) is 14.0. The number of ether oxygens (including phenoxy) is 2. The molecule has 5 nitrogen and oxygen atoms in total. The average molecular weight is 300 g/mol. The monoisotopic (exact) mass is 300 g/mol. The van der Waals surface area contributed by atoms with Crippen LogP contribution in [0.3, 0.4) is 0 Å². The van der Waals surface area contributed by atoms with Crippen LogP contribution in [0.5, 0.6) is 5.75 Å². The van der Waals surface area contributed by atoms with Gasteiger partial charge in [0.05, 0.1) is 12.7 Å². The van der Waals surface area contributed by atoms with Crippen LogP contribution in [0.4, 0.5) is 8.78 Å². The third kappa shape index (κ3) is 4.12. The first-order valence-electron chi connectivity index (χ1n) is 6.68. The Bertz CT molecular complexity index is 497. The highest BCUT2D eigenvalue weighted by molar-refractivity contribution is 5.94. The van der Waals surface area contributed by atoms with Crippen LogP contribution in [0, 0.1) is 0 Å². The summed E-state index contributed by atoms with van der Waals surface area (Å²) in [7, 11) is 0. The van der Waals surface area contributed by atoms with Crippen molar-refractivity contribution in [3.05, 3.63) is 29.8 Å². The molecule has 0 saturated carbocycles. The van der Waals surface area contributed by atoms with Crippen LogP contribution in [-0.4, -0.2) is 49.3 Å². The molecule has 2 rings (SSSR count). The zero-order chi connectivity index (χ0) is 15.4. The summed E-state index contributed by atoms with van der Waals surface area (Å²) < 4.78 is 34.2. The summed E-state index contributed by atoms with van der Waals surface area (Å²) in [5.41, 5.74) is 6.08. The first-order valence-corrected chi connectivity index (χ1v) is 6.68. The molecule has 0 radical (unpaired) electrons. The van der Waals surface area contributed by atoms with Gasteiger partial charge in [0, 0.05) is 24.7 Å². The number of amides is 1. The first kappa shape index (κ1) is 15.7. The minimum atomic E-state index is -2.92. The number of hydrogen-bond donors (Lipinski definition) is 1. The first-order chi connectivity index (χ1) is 9.97. The van der Waals surface area contributed by atoms with Crippen LogP contribution in [0.25, 0.3) is 0 Å². The molecule has 0 aromatic heterocycles. The van der Waals surface area contributed by atoms with E-state index in [1.54, 1.807) is 11.0 Å². The maximum absolute atomic E-state index is 12.4. The maximum atomic E-state index is 12.4. The van der Waals surface area contributed by atoms with E-state index in [0.717, 1.165) is 0 Å². The molecule has 1 aliphatic rings. The summed E-state index contributed by atoms with van der Waals surface area (Å²) in [5, 5.41) is 0. The van der Waals surface area contributed by atoms with Crippen molar-refractivity contribution in [1.82, 2.24) is 4.90 Å². The Kier molecular flexibility index (Phi) is 5.08. The number of hydrogen-bond acceptors (Lipinski definition) is 4. The predicted octanol–water partition coefficient (Wildman–Crippen LogP) is 1.48. The number of alkyl halides is 2. The standard InChI is InChI=1S/C14H18F2N2O3/c1-9(17)12-8-18(5-6-20-12)13(19)10-3-2-4-11(7-10)21-14(15)16/h2-4,7,9,12,14H,5-6,8,17H2,1H3. The fourth-order valence-corrected chi connectivity index (χ4v) is 2.17. The molecule has 1 aliphatic heterocycles. The number of nitrogens with zero attached hydrogens (tertiary/aromatic N) is 1. The van der Waals surface area contributed by atoms with Crippen LogP contribution >= 0.6 is 0 Å². The normalized spacial score (nSPS) is 20.4. The number of carbonyl (C=O) groups excluding carboxylic acids is 1. The smallest absolute Gasteiger partial charge is 0.387 e. The van der Waals surface area contributed by atoms with E-state index < -0.39 is 6.61 Å². The molecule has 0 spiro atoms. The van der Waals surface area contributed by atoms with Crippen LogP contribution in [0.15, 0.2) is 24.3 Å². The SMILES string of the molecule is CC(N)C1CN(C(=O)c2cccc(OC(F)F)c2)CCO1. The molecule has 1 aromatic rings. The van der Waals surface area contributed by atoms with E-state index in [2.05, 4.69) is 4.74 Å². The molecule has 2 N–H and O–H groups in total. The van der Waals surface area contributed by atoms with Gasteiger partial charge in [-0.2, -0.15) is 8.78 Å². The van der Waals surface area contributed by atoms with Gasteiger partial charge in [0.2, 0.25) is 0 Å². The molecule has 1 heterocycles. The quantitative estimate of drug-likeness (QED) is 0.914. The maximum Gasteiger partial charge on any atom is 0.387 e. The van der Waals surface area contributed by atoms with E-state index in [9.17, 15) is 13.6 Å². The summed E-state index contributed by atoms with van der Waals surface area (Å²) in [6.45, 7) is 0.139. The van der Waals surface area contributed by atoms with E-state index >= 15 is 0 Å². The molecule has 1 amide bonds. The van der Waals surface area contributed by atoms with Gasteiger partial charge < -0.3 is 20.1 Å². The number of nitrogens with two attached hydrogens (primary N) is 1. The molecule has 1 saturated heterocycles. The summed E-state index contributed by atoms with van der Waals surface area (Å²) in [6.07, 6.45) is -0.219. The Balaban J connectivity index is 2.08. The minimum Gasteiger partial charge on any atom is -0.435 e. The number of benzene rings is 1. The van der Waals surface area contributed by atoms with Gasteiger partial charge in [-0.3, -0.25) is 4.79 Å². The van der Waals surface area contributed by atoms with Crippen molar-refractivity contribution in [2.24, 2.45) is 5.73 Å². The summed E-state index contributed by atoms with van der Waals surface area (Å²) >= 11 is 0. The fraction of sp³-hybridized carbons (Fsp3) is 0.500. The number of rotatable bonds is 4. The molecule has 1 fully saturated rings. The Morgan fingerprint density at radius 1 is 1.52 bits per heavy atom. The lowest BCUT2D eigenvalue weighted by molar-refractivity contribution is -0.0499. The van der Waals surface area contributed by atoms with Crippen molar-refractivity contribution in [3.8, 4) is 5.75 Å². The van der Waals surface area contributed by atoms with Gasteiger partial charge >= 0.3 is 6.61 Å². The Morgan fingerprint density at radius 2 is 2.29 bits per heavy atom. The molecule has 2 unspecified atom stereocenters. The molecule has 7 heteroatoms. The van der Waals surface area contributed by atoms with E-state index in [-0.39, 0.29) is 23.8 Å². The van der Waals surface area contributed by atoms with Crippen molar-refractivity contribution in [2.45, 2.75) is 25.7 Å². The molecule has 0 aliphatic carbocycles. The third-order valence-corrected chi connectivity index (χ3v) is 3.27. The molecule has 0 bridgehead atoms. The van der Waals surface area contributed by atoms with Gasteiger partial charge in [0.25, 0.3) is 5.91 Å². The van der Waals surface area contributed by atoms with Crippen molar-refractivity contribution < 1.29 is 23.0 Å². The van der Waals surface area contributed by atoms with Crippen LogP contribution < -0.4 is 10.5 Å². The lowest BCUT2D eigenvalue weighted by Crippen LogP contribution is -2.51. The van der Waals surface area contributed by atoms with Crippen molar-refractivity contribution >= 4 is 5.91 Å². The highest BCUT2D eigenvalue weighted by Gasteiger charge is 2.27. The van der Waals surface area contributed by atoms with E-state index in [4.69, 9.17) is 10.5 Å². The van der Waals surface area contributed by atoms with Crippen molar-refractivity contribution in [3.63, 3.8) is 0 Å². The summed E-state index contributed by atoms with van der Waals surface area (Å²) in [6, 6.07) is 5.58. The molecule has 1 aromatic carbocycles. The van der Waals surface area contributed by atoms with Crippen molar-refractivity contribution in [1.29, 1.82) is 0 Å². The number of morpholine rings is 1. The van der Waals surface area contributed by atoms with Gasteiger partial charge in [-0.1, -0.05) is 6.07 Å². The highest BCUT2D eigenvalue weighted by atomic mass is 19.3. The van der Waals surface area contributed by atoms with Crippen LogP contribution in [0.2, 0.25) is 0 Å². The Labute approximate surface area is 121 Å². The van der Waals surface area contributed by atoms with Gasteiger partial charge in [-0.05, 0) is 25.1 Å². The molecule has 2 atom stereocenters. The second kappa shape index (κ2) is 6.82. The van der Waals surface area contributed by atoms with Crippen LogP contribution in [-0.2, 0) is 4.74 Å². The second-order valence-corrected chi connectivity index (χ2v) is 4.93. The van der Waals surface area contributed by atoms with Gasteiger partial charge in [0.1, 0.15) is 5.75 Å². The number of halogens is 2. The van der Waals surface area contributed by atoms with Crippen molar-refractivity contribution in [2.75, 3.05) is 19.7 Å². The Hall–Kier alpha value is -1.73. The topological polar surface area (TPSA) is 64.8 Å². The average Bonchev–Trinajstić information content (AvgIpc) is 2.46. The molecular formula is C14H18F2N2O3. The summed E-state index contributed by atoms with van der Waals surface area (Å²) in [5.74, 6) is -0.281. The largest absolute Gasteiger partial charge is 0.435 e. The fourth-order valence-electron chi connectivity index (χ4n) is 2.17. The molecule has 116 valence electrons.